The lowest BCUT2D eigenvalue weighted by atomic mass is 10.4. The van der Waals surface area contributed by atoms with Gasteiger partial charge in [0.2, 0.25) is 10.0 Å². The van der Waals surface area contributed by atoms with Gasteiger partial charge in [0.15, 0.2) is 0 Å². The fraction of sp³-hybridized carbons (Fsp3) is 0.769. The van der Waals surface area contributed by atoms with Crippen molar-refractivity contribution in [3.63, 3.8) is 0 Å². The number of aryl methyl sites for hydroxylation is 2. The first-order chi connectivity index (χ1) is 9.89. The Morgan fingerprint density at radius 3 is 2.57 bits per heavy atom. The van der Waals surface area contributed by atoms with Gasteiger partial charge in [-0.25, -0.2) is 8.42 Å². The van der Waals surface area contributed by atoms with E-state index in [-0.39, 0.29) is 0 Å². The molecule has 1 rings (SSSR count). The van der Waals surface area contributed by atoms with Gasteiger partial charge in [-0.1, -0.05) is 6.92 Å². The third-order valence-electron chi connectivity index (χ3n) is 3.38. The van der Waals surface area contributed by atoms with Crippen LogP contribution in [0, 0.1) is 13.8 Å². The number of hydrogen-bond donors (Lipinski definition) is 1. The zero-order chi connectivity index (χ0) is 16.0. The Labute approximate surface area is 127 Å². The zero-order valence-corrected chi connectivity index (χ0v) is 14.1. The highest BCUT2D eigenvalue weighted by Gasteiger charge is 2.29. The summed E-state index contributed by atoms with van der Waals surface area (Å²) in [7, 11) is -1.99. The highest BCUT2D eigenvalue weighted by molar-refractivity contribution is 7.89. The maximum atomic E-state index is 12.8. The fourth-order valence-electron chi connectivity index (χ4n) is 2.28. The predicted octanol–water partition coefficient (Wildman–Crippen LogP) is 0.506. The Balaban J connectivity index is 3.15. The van der Waals surface area contributed by atoms with Gasteiger partial charge in [-0.2, -0.15) is 9.40 Å². The summed E-state index contributed by atoms with van der Waals surface area (Å²) in [5.41, 5.74) is 6.69. The monoisotopic (exact) mass is 318 g/mol. The van der Waals surface area contributed by atoms with E-state index in [1.54, 1.807) is 25.6 Å². The van der Waals surface area contributed by atoms with E-state index in [1.165, 1.54) is 4.31 Å². The average Bonchev–Trinajstić information content (AvgIpc) is 2.72. The van der Waals surface area contributed by atoms with Crippen LogP contribution in [0.3, 0.4) is 0 Å². The molecular weight excluding hydrogens is 292 g/mol. The van der Waals surface area contributed by atoms with Gasteiger partial charge in [0.25, 0.3) is 0 Å². The summed E-state index contributed by atoms with van der Waals surface area (Å²) in [4.78, 5) is 0.303. The van der Waals surface area contributed by atoms with E-state index in [1.807, 2.05) is 6.92 Å². The van der Waals surface area contributed by atoms with Gasteiger partial charge in [0.1, 0.15) is 4.90 Å². The molecule has 0 amide bonds. The Morgan fingerprint density at radius 1 is 1.38 bits per heavy atom. The smallest absolute Gasteiger partial charge is 0.246 e. The van der Waals surface area contributed by atoms with E-state index in [0.29, 0.717) is 49.1 Å². The van der Waals surface area contributed by atoms with Gasteiger partial charge in [0.05, 0.1) is 18.0 Å². The molecule has 0 fully saturated rings. The molecule has 0 unspecified atom stereocenters. The van der Waals surface area contributed by atoms with Crippen LogP contribution in [-0.4, -0.2) is 55.9 Å². The number of ether oxygens (including phenoxy) is 1. The first-order valence-corrected chi connectivity index (χ1v) is 8.57. The molecule has 1 aromatic rings. The van der Waals surface area contributed by atoms with Crippen molar-refractivity contribution in [2.75, 3.05) is 33.4 Å². The first kappa shape index (κ1) is 18.1. The SMILES string of the molecule is CCN(CCOC)S(=O)(=O)c1c(C)nn(CCCN)c1C. The maximum Gasteiger partial charge on any atom is 0.246 e. The van der Waals surface area contributed by atoms with Crippen LogP contribution in [0.4, 0.5) is 0 Å². The van der Waals surface area contributed by atoms with Crippen molar-refractivity contribution in [3.05, 3.63) is 11.4 Å². The Kier molecular flexibility index (Phi) is 6.79. The van der Waals surface area contributed by atoms with E-state index in [4.69, 9.17) is 10.5 Å². The number of hydrogen-bond acceptors (Lipinski definition) is 5. The molecule has 0 bridgehead atoms. The summed E-state index contributed by atoms with van der Waals surface area (Å²) in [6.07, 6.45) is 0.766. The van der Waals surface area contributed by atoms with Gasteiger partial charge in [-0.15, -0.1) is 0 Å². The van der Waals surface area contributed by atoms with Crippen LogP contribution in [-0.2, 0) is 21.3 Å². The minimum absolute atomic E-state index is 0.303. The van der Waals surface area contributed by atoms with Crippen LogP contribution in [0.5, 0.6) is 0 Å². The Morgan fingerprint density at radius 2 is 2.05 bits per heavy atom. The van der Waals surface area contributed by atoms with Gasteiger partial charge in [-0.3, -0.25) is 4.68 Å². The summed E-state index contributed by atoms with van der Waals surface area (Å²) >= 11 is 0. The van der Waals surface area contributed by atoms with Crippen molar-refractivity contribution >= 4 is 10.0 Å². The third-order valence-corrected chi connectivity index (χ3v) is 5.61. The van der Waals surface area contributed by atoms with Gasteiger partial charge in [0, 0.05) is 26.7 Å². The number of methoxy groups -OCH3 is 1. The van der Waals surface area contributed by atoms with Crippen molar-refractivity contribution in [2.24, 2.45) is 5.73 Å². The van der Waals surface area contributed by atoms with Crippen molar-refractivity contribution < 1.29 is 13.2 Å². The number of rotatable bonds is 9. The second kappa shape index (κ2) is 7.88. The second-order valence-corrected chi connectivity index (χ2v) is 6.73. The molecule has 8 heteroatoms. The van der Waals surface area contributed by atoms with Crippen molar-refractivity contribution in [1.82, 2.24) is 14.1 Å². The molecule has 21 heavy (non-hydrogen) atoms. The molecule has 1 aromatic heterocycles. The van der Waals surface area contributed by atoms with Crippen LogP contribution in [0.1, 0.15) is 24.7 Å². The topological polar surface area (TPSA) is 90.5 Å². The molecule has 0 atom stereocenters. The molecule has 0 aromatic carbocycles. The largest absolute Gasteiger partial charge is 0.383 e. The van der Waals surface area contributed by atoms with E-state index in [9.17, 15) is 8.42 Å². The summed E-state index contributed by atoms with van der Waals surface area (Å²) in [6, 6.07) is 0. The normalized spacial score (nSPS) is 12.3. The lowest BCUT2D eigenvalue weighted by Gasteiger charge is -2.20. The molecule has 0 spiro atoms. The number of nitrogens with zero attached hydrogens (tertiary/aromatic N) is 3. The van der Waals surface area contributed by atoms with Gasteiger partial charge in [-0.05, 0) is 26.8 Å². The number of likely N-dealkylation sites (N-methyl/N-ethyl adjacent to an activating group) is 1. The van der Waals surface area contributed by atoms with Crippen LogP contribution < -0.4 is 5.73 Å². The third kappa shape index (κ3) is 4.03. The van der Waals surface area contributed by atoms with Gasteiger partial charge < -0.3 is 10.5 Å². The highest BCUT2D eigenvalue weighted by Crippen LogP contribution is 2.23. The van der Waals surface area contributed by atoms with E-state index in [2.05, 4.69) is 5.10 Å². The number of nitrogens with two attached hydrogens (primary N) is 1. The first-order valence-electron chi connectivity index (χ1n) is 7.13. The van der Waals surface area contributed by atoms with E-state index >= 15 is 0 Å². The minimum atomic E-state index is -3.55. The quantitative estimate of drug-likeness (QED) is 0.716. The predicted molar refractivity (Wildman–Crippen MR) is 81.7 cm³/mol. The van der Waals surface area contributed by atoms with Gasteiger partial charge >= 0.3 is 0 Å². The molecule has 0 aliphatic heterocycles. The number of sulfonamides is 1. The summed E-state index contributed by atoms with van der Waals surface area (Å²) in [5.74, 6) is 0. The molecule has 0 radical (unpaired) electrons. The van der Waals surface area contributed by atoms with E-state index in [0.717, 1.165) is 6.42 Å². The van der Waals surface area contributed by atoms with Crippen molar-refractivity contribution in [1.29, 1.82) is 0 Å². The van der Waals surface area contributed by atoms with E-state index < -0.39 is 10.0 Å². The van der Waals surface area contributed by atoms with Crippen LogP contribution in [0.25, 0.3) is 0 Å². The molecule has 122 valence electrons. The summed E-state index contributed by atoms with van der Waals surface area (Å²) < 4.78 is 33.7. The van der Waals surface area contributed by atoms with Crippen molar-refractivity contribution in [3.8, 4) is 0 Å². The lowest BCUT2D eigenvalue weighted by Crippen LogP contribution is -2.34. The average molecular weight is 318 g/mol. The zero-order valence-electron chi connectivity index (χ0n) is 13.3. The maximum absolute atomic E-state index is 12.8. The molecule has 0 aliphatic carbocycles. The lowest BCUT2D eigenvalue weighted by molar-refractivity contribution is 0.180. The second-order valence-electron chi connectivity index (χ2n) is 4.85. The molecule has 0 saturated heterocycles. The fourth-order valence-corrected chi connectivity index (χ4v) is 4.09. The van der Waals surface area contributed by atoms with Crippen molar-refractivity contribution in [2.45, 2.75) is 38.6 Å². The Hall–Kier alpha value is -0.960. The number of aromatic nitrogens is 2. The highest BCUT2D eigenvalue weighted by atomic mass is 32.2. The minimum Gasteiger partial charge on any atom is -0.383 e. The summed E-state index contributed by atoms with van der Waals surface area (Å²) in [6.45, 7) is 7.61. The molecule has 7 nitrogen and oxygen atoms in total. The molecular formula is C13H26N4O3S. The van der Waals surface area contributed by atoms with Crippen LogP contribution in [0.15, 0.2) is 4.90 Å². The Bertz CT molecular complexity index is 554. The molecule has 0 saturated carbocycles. The molecule has 1 heterocycles. The van der Waals surface area contributed by atoms with Crippen LogP contribution in [0.2, 0.25) is 0 Å². The summed E-state index contributed by atoms with van der Waals surface area (Å²) in [5, 5.41) is 4.33. The molecule has 2 N–H and O–H groups in total. The molecule has 0 aliphatic rings. The standard InChI is InChI=1S/C13H26N4O3S/c1-5-16(9-10-20-4)21(18,19)13-11(2)15-17(12(13)3)8-6-7-14/h5-10,14H2,1-4H3. The van der Waals surface area contributed by atoms with Crippen LogP contribution >= 0.6 is 0 Å².